The molecular weight excluding hydrogens is 304 g/mol. The fourth-order valence-electron chi connectivity index (χ4n) is 3.57. The maximum absolute atomic E-state index is 12.6. The van der Waals surface area contributed by atoms with Crippen LogP contribution in [0.5, 0.6) is 5.75 Å². The summed E-state index contributed by atoms with van der Waals surface area (Å²) in [6.45, 7) is 3.73. The molecule has 1 aromatic heterocycles. The van der Waals surface area contributed by atoms with Crippen molar-refractivity contribution in [2.45, 2.75) is 39.0 Å². The van der Waals surface area contributed by atoms with Gasteiger partial charge in [0.25, 0.3) is 0 Å². The molecule has 0 bridgehead atoms. The Kier molecular flexibility index (Phi) is 3.41. The lowest BCUT2D eigenvalue weighted by Crippen LogP contribution is -2.29. The summed E-state index contributed by atoms with van der Waals surface area (Å²) in [5, 5.41) is 0. The van der Waals surface area contributed by atoms with Gasteiger partial charge >= 0.3 is 5.63 Å². The number of aryl methyl sites for hydroxylation is 2. The van der Waals surface area contributed by atoms with Crippen LogP contribution in [0.1, 0.15) is 47.6 Å². The van der Waals surface area contributed by atoms with Crippen molar-refractivity contribution in [1.82, 2.24) is 0 Å². The molecule has 122 valence electrons. The van der Waals surface area contributed by atoms with Gasteiger partial charge in [-0.2, -0.15) is 0 Å². The lowest BCUT2D eigenvalue weighted by atomic mass is 9.77. The van der Waals surface area contributed by atoms with Crippen LogP contribution in [0.2, 0.25) is 0 Å². The zero-order valence-corrected chi connectivity index (χ0v) is 13.7. The molecule has 1 aliphatic heterocycles. The maximum Gasteiger partial charge on any atom is 0.343 e. The van der Waals surface area contributed by atoms with E-state index >= 15 is 0 Å². The third-order valence-corrected chi connectivity index (χ3v) is 4.70. The van der Waals surface area contributed by atoms with Gasteiger partial charge in [-0.05, 0) is 25.8 Å². The fourth-order valence-corrected chi connectivity index (χ4v) is 3.57. The molecule has 24 heavy (non-hydrogen) atoms. The van der Waals surface area contributed by atoms with Gasteiger partial charge in [-0.25, -0.2) is 4.79 Å². The number of ether oxygens (including phenoxy) is 1. The molecule has 0 fully saturated rings. The predicted octanol–water partition coefficient (Wildman–Crippen LogP) is 3.79. The van der Waals surface area contributed by atoms with E-state index in [2.05, 4.69) is 0 Å². The second kappa shape index (κ2) is 5.48. The first-order valence-corrected chi connectivity index (χ1v) is 8.20. The van der Waals surface area contributed by atoms with E-state index in [-0.39, 0.29) is 5.78 Å². The van der Waals surface area contributed by atoms with Crippen LogP contribution in [0.3, 0.4) is 0 Å². The minimum atomic E-state index is -0.430. The Bertz CT molecular complexity index is 916. The molecule has 2 aromatic rings. The molecule has 1 unspecified atom stereocenters. The SMILES string of the molecule is Cc1ccc(C2C3=C(CCCC3=O)Oc3cc(C)oc(=O)c32)cc1. The summed E-state index contributed by atoms with van der Waals surface area (Å²) in [6, 6.07) is 9.67. The molecule has 4 heteroatoms. The second-order valence-corrected chi connectivity index (χ2v) is 6.48. The number of carbonyl (C=O) groups excluding carboxylic acids is 1. The predicted molar refractivity (Wildman–Crippen MR) is 89.2 cm³/mol. The van der Waals surface area contributed by atoms with E-state index < -0.39 is 11.5 Å². The van der Waals surface area contributed by atoms with Crippen LogP contribution in [0.25, 0.3) is 0 Å². The quantitative estimate of drug-likeness (QED) is 0.801. The van der Waals surface area contributed by atoms with E-state index in [4.69, 9.17) is 9.15 Å². The van der Waals surface area contributed by atoms with Crippen LogP contribution in [0.15, 0.2) is 50.9 Å². The van der Waals surface area contributed by atoms with E-state index in [0.29, 0.717) is 34.8 Å². The smallest absolute Gasteiger partial charge is 0.343 e. The standard InChI is InChI=1S/C20H18O4/c1-11-6-8-13(9-7-11)17-18-14(21)4-3-5-15(18)24-16-10-12(2)23-20(22)19(16)17/h6-10,17H,3-5H2,1-2H3. The number of hydrogen-bond acceptors (Lipinski definition) is 4. The maximum atomic E-state index is 12.6. The number of Topliss-reactive ketones (excluding diaryl/α,β-unsaturated/α-hetero) is 1. The Morgan fingerprint density at radius 2 is 1.79 bits per heavy atom. The van der Waals surface area contributed by atoms with Crippen molar-refractivity contribution in [3.05, 3.63) is 74.5 Å². The normalized spacial score (nSPS) is 19.6. The monoisotopic (exact) mass is 322 g/mol. The highest BCUT2D eigenvalue weighted by molar-refractivity contribution is 5.99. The van der Waals surface area contributed by atoms with Crippen molar-refractivity contribution in [3.8, 4) is 5.75 Å². The molecule has 1 atom stereocenters. The van der Waals surface area contributed by atoms with E-state index in [0.717, 1.165) is 24.0 Å². The van der Waals surface area contributed by atoms with Crippen molar-refractivity contribution in [2.75, 3.05) is 0 Å². The molecule has 4 rings (SSSR count). The summed E-state index contributed by atoms with van der Waals surface area (Å²) in [4.78, 5) is 25.1. The average Bonchev–Trinajstić information content (AvgIpc) is 2.54. The van der Waals surface area contributed by atoms with Crippen LogP contribution in [0.4, 0.5) is 0 Å². The highest BCUT2D eigenvalue weighted by Gasteiger charge is 2.39. The first-order valence-electron chi connectivity index (χ1n) is 8.20. The Morgan fingerprint density at radius 3 is 2.54 bits per heavy atom. The molecular formula is C20H18O4. The van der Waals surface area contributed by atoms with Gasteiger partial charge in [-0.3, -0.25) is 4.79 Å². The number of hydrogen-bond donors (Lipinski definition) is 0. The van der Waals surface area contributed by atoms with E-state index in [9.17, 15) is 9.59 Å². The highest BCUT2D eigenvalue weighted by Crippen LogP contribution is 2.45. The molecule has 0 saturated carbocycles. The molecule has 2 heterocycles. The summed E-state index contributed by atoms with van der Waals surface area (Å²) >= 11 is 0. The van der Waals surface area contributed by atoms with Gasteiger partial charge in [0.1, 0.15) is 17.3 Å². The third-order valence-electron chi connectivity index (χ3n) is 4.70. The van der Waals surface area contributed by atoms with Gasteiger partial charge in [-0.1, -0.05) is 29.8 Å². The Morgan fingerprint density at radius 1 is 1.04 bits per heavy atom. The van der Waals surface area contributed by atoms with Crippen LogP contribution in [0, 0.1) is 13.8 Å². The number of allylic oxidation sites excluding steroid dienone is 2. The molecule has 1 aliphatic carbocycles. The zero-order valence-electron chi connectivity index (χ0n) is 13.7. The van der Waals surface area contributed by atoms with Crippen LogP contribution >= 0.6 is 0 Å². The lowest BCUT2D eigenvalue weighted by Gasteiger charge is -2.31. The minimum absolute atomic E-state index is 0.0625. The Balaban J connectivity index is 1.99. The zero-order chi connectivity index (χ0) is 16.8. The van der Waals surface area contributed by atoms with Crippen LogP contribution in [-0.4, -0.2) is 5.78 Å². The van der Waals surface area contributed by atoms with Gasteiger partial charge < -0.3 is 9.15 Å². The van der Waals surface area contributed by atoms with Crippen molar-refractivity contribution in [3.63, 3.8) is 0 Å². The van der Waals surface area contributed by atoms with E-state index in [1.807, 2.05) is 31.2 Å². The summed E-state index contributed by atoms with van der Waals surface area (Å²) < 4.78 is 11.2. The van der Waals surface area contributed by atoms with Gasteiger partial charge in [0.15, 0.2) is 5.78 Å². The first-order chi connectivity index (χ1) is 11.5. The van der Waals surface area contributed by atoms with Gasteiger partial charge in [0, 0.05) is 24.5 Å². The second-order valence-electron chi connectivity index (χ2n) is 6.48. The lowest BCUT2D eigenvalue weighted by molar-refractivity contribution is -0.116. The fraction of sp³-hybridized carbons (Fsp3) is 0.300. The van der Waals surface area contributed by atoms with Gasteiger partial charge in [-0.15, -0.1) is 0 Å². The minimum Gasteiger partial charge on any atom is -0.461 e. The Labute approximate surface area is 139 Å². The molecule has 0 N–H and O–H groups in total. The number of rotatable bonds is 1. The summed E-state index contributed by atoms with van der Waals surface area (Å²) in [5.41, 5.74) is 2.67. The number of carbonyl (C=O) groups is 1. The van der Waals surface area contributed by atoms with Crippen molar-refractivity contribution in [1.29, 1.82) is 0 Å². The first kappa shape index (κ1) is 14.9. The third kappa shape index (κ3) is 2.30. The Hall–Kier alpha value is -2.62. The van der Waals surface area contributed by atoms with E-state index in [1.165, 1.54) is 0 Å². The van der Waals surface area contributed by atoms with Crippen molar-refractivity contribution in [2.24, 2.45) is 0 Å². The summed E-state index contributed by atoms with van der Waals surface area (Å²) in [7, 11) is 0. The average molecular weight is 322 g/mol. The van der Waals surface area contributed by atoms with E-state index in [1.54, 1.807) is 13.0 Å². The molecule has 4 nitrogen and oxygen atoms in total. The molecule has 1 aromatic carbocycles. The van der Waals surface area contributed by atoms with Gasteiger partial charge in [0.05, 0.1) is 11.5 Å². The van der Waals surface area contributed by atoms with Gasteiger partial charge in [0.2, 0.25) is 0 Å². The molecule has 0 saturated heterocycles. The number of benzene rings is 1. The number of ketones is 1. The highest BCUT2D eigenvalue weighted by atomic mass is 16.5. The summed E-state index contributed by atoms with van der Waals surface area (Å²) in [6.07, 6.45) is 2.01. The molecule has 0 radical (unpaired) electrons. The largest absolute Gasteiger partial charge is 0.461 e. The molecule has 2 aliphatic rings. The van der Waals surface area contributed by atoms with Crippen molar-refractivity contribution >= 4 is 5.78 Å². The summed E-state index contributed by atoms with van der Waals surface area (Å²) in [5.74, 6) is 1.38. The molecule has 0 amide bonds. The van der Waals surface area contributed by atoms with Crippen LogP contribution in [-0.2, 0) is 4.79 Å². The van der Waals surface area contributed by atoms with Crippen molar-refractivity contribution < 1.29 is 13.9 Å². The number of fused-ring (bicyclic) bond motifs is 1. The van der Waals surface area contributed by atoms with Crippen LogP contribution < -0.4 is 10.4 Å². The molecule has 0 spiro atoms. The topological polar surface area (TPSA) is 56.5 Å².